The van der Waals surface area contributed by atoms with Crippen molar-refractivity contribution in [3.05, 3.63) is 59.2 Å². The molecule has 0 aliphatic heterocycles. The number of nitrogens with one attached hydrogen (secondary N) is 1. The van der Waals surface area contributed by atoms with Crippen molar-refractivity contribution >= 4 is 17.4 Å². The van der Waals surface area contributed by atoms with Crippen LogP contribution in [0.4, 0.5) is 5.69 Å². The fourth-order valence-electron chi connectivity index (χ4n) is 3.84. The topological polar surface area (TPSA) is 86.6 Å². The molecule has 0 saturated heterocycles. The second kappa shape index (κ2) is 8.25. The Balaban J connectivity index is 1.78. The number of aromatic carboxylic acids is 1. The number of phenols is 1. The first kappa shape index (κ1) is 19.0. The molecule has 142 valence electrons. The Morgan fingerprint density at radius 2 is 1.67 bits per heavy atom. The first-order chi connectivity index (χ1) is 13.0. The highest BCUT2D eigenvalue weighted by Crippen LogP contribution is 2.30. The number of carbonyl (C=O) groups is 2. The third kappa shape index (κ3) is 4.30. The summed E-state index contributed by atoms with van der Waals surface area (Å²) >= 11 is 0. The van der Waals surface area contributed by atoms with E-state index in [1.807, 2.05) is 0 Å². The van der Waals surface area contributed by atoms with Crippen molar-refractivity contribution in [3.63, 3.8) is 0 Å². The highest BCUT2D eigenvalue weighted by molar-refractivity contribution is 6.15. The zero-order valence-electron chi connectivity index (χ0n) is 15.4. The zero-order valence-corrected chi connectivity index (χ0v) is 15.4. The van der Waals surface area contributed by atoms with Crippen LogP contribution in [0.3, 0.4) is 0 Å². The molecule has 0 aromatic heterocycles. The second-order valence-electron chi connectivity index (χ2n) is 7.24. The summed E-state index contributed by atoms with van der Waals surface area (Å²) in [5.74, 6) is -1.21. The lowest BCUT2D eigenvalue weighted by Crippen LogP contribution is -2.27. The van der Waals surface area contributed by atoms with Crippen LogP contribution in [0.25, 0.3) is 0 Å². The predicted molar refractivity (Wildman–Crippen MR) is 105 cm³/mol. The summed E-state index contributed by atoms with van der Waals surface area (Å²) in [6, 6.07) is 11.2. The first-order valence-corrected chi connectivity index (χ1v) is 9.44. The van der Waals surface area contributed by atoms with Crippen LogP contribution in [0.2, 0.25) is 0 Å². The lowest BCUT2D eigenvalue weighted by molar-refractivity contribution is 0.0692. The summed E-state index contributed by atoms with van der Waals surface area (Å²) in [5, 5.41) is 23.1. The van der Waals surface area contributed by atoms with Gasteiger partial charge in [0.05, 0.1) is 11.1 Å². The number of carboxylic acids is 1. The van der Waals surface area contributed by atoms with Gasteiger partial charge in [0.1, 0.15) is 5.75 Å². The summed E-state index contributed by atoms with van der Waals surface area (Å²) in [7, 11) is 0. The molecular weight excluding hydrogens is 342 g/mol. The van der Waals surface area contributed by atoms with Crippen LogP contribution < -0.4 is 5.32 Å². The summed E-state index contributed by atoms with van der Waals surface area (Å²) in [6.45, 7) is 2.15. The van der Waals surface area contributed by atoms with Crippen LogP contribution in [-0.4, -0.2) is 28.0 Å². The number of anilines is 1. The Morgan fingerprint density at radius 3 is 2.30 bits per heavy atom. The van der Waals surface area contributed by atoms with Crippen molar-refractivity contribution in [3.8, 4) is 5.75 Å². The molecule has 1 aliphatic rings. The van der Waals surface area contributed by atoms with E-state index < -0.39 is 11.8 Å². The van der Waals surface area contributed by atoms with Gasteiger partial charge >= 0.3 is 5.97 Å². The number of phenolic OH excluding ortho intramolecular Hbond substituents is 1. The number of benzene rings is 2. The average Bonchev–Trinajstić information content (AvgIpc) is 2.68. The van der Waals surface area contributed by atoms with Gasteiger partial charge in [-0.25, -0.2) is 4.79 Å². The standard InChI is InChI=1S/C22H25NO4/c1-14(15-7-3-2-4-8-15)23-16-11-12-19(20(24)13-16)21(25)17-9-5-6-10-18(17)22(26)27/h5-6,9-15,23-24H,2-4,7-8H2,1H3,(H,26,27). The maximum Gasteiger partial charge on any atom is 0.336 e. The zero-order chi connectivity index (χ0) is 19.4. The molecule has 0 radical (unpaired) electrons. The number of carboxylic acid groups (broad SMARTS) is 1. The molecule has 1 atom stereocenters. The molecule has 5 nitrogen and oxygen atoms in total. The molecule has 0 bridgehead atoms. The smallest absolute Gasteiger partial charge is 0.336 e. The maximum absolute atomic E-state index is 12.7. The summed E-state index contributed by atoms with van der Waals surface area (Å²) < 4.78 is 0. The highest BCUT2D eigenvalue weighted by Gasteiger charge is 2.22. The Bertz CT molecular complexity index is 840. The van der Waals surface area contributed by atoms with E-state index in [4.69, 9.17) is 0 Å². The van der Waals surface area contributed by atoms with E-state index in [0.717, 1.165) is 5.69 Å². The number of ketones is 1. The average molecular weight is 367 g/mol. The van der Waals surface area contributed by atoms with Crippen molar-refractivity contribution in [1.29, 1.82) is 0 Å². The predicted octanol–water partition coefficient (Wildman–Crippen LogP) is 4.70. The Morgan fingerprint density at radius 1 is 1.00 bits per heavy atom. The van der Waals surface area contributed by atoms with Crippen molar-refractivity contribution in [2.75, 3.05) is 5.32 Å². The fourth-order valence-corrected chi connectivity index (χ4v) is 3.84. The molecule has 0 spiro atoms. The number of hydrogen-bond acceptors (Lipinski definition) is 4. The Kier molecular flexibility index (Phi) is 5.79. The Hall–Kier alpha value is -2.82. The normalized spacial score (nSPS) is 15.9. The van der Waals surface area contributed by atoms with Gasteiger partial charge in [0, 0.05) is 23.4 Å². The van der Waals surface area contributed by atoms with Gasteiger partial charge in [-0.1, -0.05) is 37.5 Å². The number of carbonyl (C=O) groups excluding carboxylic acids is 1. The van der Waals surface area contributed by atoms with Crippen molar-refractivity contribution < 1.29 is 19.8 Å². The highest BCUT2D eigenvalue weighted by atomic mass is 16.4. The lowest BCUT2D eigenvalue weighted by Gasteiger charge is -2.29. The first-order valence-electron chi connectivity index (χ1n) is 9.44. The number of aromatic hydroxyl groups is 1. The molecule has 5 heteroatoms. The summed E-state index contributed by atoms with van der Waals surface area (Å²) in [6.07, 6.45) is 6.25. The maximum atomic E-state index is 12.7. The molecule has 0 heterocycles. The van der Waals surface area contributed by atoms with E-state index >= 15 is 0 Å². The van der Waals surface area contributed by atoms with Crippen LogP contribution in [0, 0.1) is 5.92 Å². The van der Waals surface area contributed by atoms with Gasteiger partial charge in [-0.15, -0.1) is 0 Å². The van der Waals surface area contributed by atoms with Crippen molar-refractivity contribution in [2.24, 2.45) is 5.92 Å². The summed E-state index contributed by atoms with van der Waals surface area (Å²) in [4.78, 5) is 24.1. The molecule has 3 N–H and O–H groups in total. The van der Waals surface area contributed by atoms with Gasteiger partial charge in [0.25, 0.3) is 0 Å². The SMILES string of the molecule is CC(Nc1ccc(C(=O)c2ccccc2C(=O)O)c(O)c1)C1CCCCC1. The molecule has 0 amide bonds. The van der Waals surface area contributed by atoms with E-state index in [-0.39, 0.29) is 22.4 Å². The van der Waals surface area contributed by atoms with Gasteiger partial charge in [-0.3, -0.25) is 4.79 Å². The molecule has 3 rings (SSSR count). The molecular formula is C22H25NO4. The van der Waals surface area contributed by atoms with Gasteiger partial charge in [0.15, 0.2) is 5.78 Å². The molecule has 1 aliphatic carbocycles. The number of rotatable bonds is 6. The quantitative estimate of drug-likeness (QED) is 0.644. The molecule has 2 aromatic carbocycles. The van der Waals surface area contributed by atoms with Crippen molar-refractivity contribution in [1.82, 2.24) is 0 Å². The monoisotopic (exact) mass is 367 g/mol. The lowest BCUT2D eigenvalue weighted by atomic mass is 9.84. The Labute approximate surface area is 159 Å². The van der Waals surface area contributed by atoms with E-state index in [0.29, 0.717) is 12.0 Å². The van der Waals surface area contributed by atoms with Crippen LogP contribution in [-0.2, 0) is 0 Å². The second-order valence-corrected chi connectivity index (χ2v) is 7.24. The molecule has 2 aromatic rings. The third-order valence-corrected chi connectivity index (χ3v) is 5.40. The van der Waals surface area contributed by atoms with Crippen LogP contribution in [0.5, 0.6) is 5.75 Å². The minimum atomic E-state index is -1.17. The van der Waals surface area contributed by atoms with Gasteiger partial charge in [-0.2, -0.15) is 0 Å². The number of hydrogen-bond donors (Lipinski definition) is 3. The molecule has 1 fully saturated rings. The van der Waals surface area contributed by atoms with Gasteiger partial charge in [0.2, 0.25) is 0 Å². The van der Waals surface area contributed by atoms with E-state index in [1.165, 1.54) is 50.3 Å². The third-order valence-electron chi connectivity index (χ3n) is 5.40. The fraction of sp³-hybridized carbons (Fsp3) is 0.364. The molecule has 1 saturated carbocycles. The minimum absolute atomic E-state index is 0.0663. The molecule has 27 heavy (non-hydrogen) atoms. The van der Waals surface area contributed by atoms with E-state index in [2.05, 4.69) is 12.2 Å². The van der Waals surface area contributed by atoms with Crippen LogP contribution in [0.15, 0.2) is 42.5 Å². The van der Waals surface area contributed by atoms with E-state index in [9.17, 15) is 19.8 Å². The summed E-state index contributed by atoms with van der Waals surface area (Å²) in [5.41, 5.74) is 0.847. The van der Waals surface area contributed by atoms with Gasteiger partial charge < -0.3 is 15.5 Å². The molecule has 1 unspecified atom stereocenters. The van der Waals surface area contributed by atoms with Crippen LogP contribution >= 0.6 is 0 Å². The van der Waals surface area contributed by atoms with E-state index in [1.54, 1.807) is 24.3 Å². The van der Waals surface area contributed by atoms with Gasteiger partial charge in [-0.05, 0) is 43.9 Å². The minimum Gasteiger partial charge on any atom is -0.507 e. The van der Waals surface area contributed by atoms with Crippen LogP contribution in [0.1, 0.15) is 65.3 Å². The largest absolute Gasteiger partial charge is 0.507 e. The van der Waals surface area contributed by atoms with Crippen molar-refractivity contribution in [2.45, 2.75) is 45.1 Å².